The molecule has 3 rings (SSSR count). The van der Waals surface area contributed by atoms with E-state index in [0.29, 0.717) is 12.3 Å². The number of rotatable bonds is 3. The Bertz CT molecular complexity index is 631. The predicted molar refractivity (Wildman–Crippen MR) is 71.3 cm³/mol. The standard InChI is InChI=1S/C15H12F3NO2/c16-10-3-6-12-13(7-10)21-14(8-19-12)9-1-4-11(5-2-9)20-15(17)18/h1-7,14-15,19H,8H2. The summed E-state index contributed by atoms with van der Waals surface area (Å²) in [5.41, 5.74) is 1.52. The van der Waals surface area contributed by atoms with Gasteiger partial charge < -0.3 is 14.8 Å². The molecule has 1 N–H and O–H groups in total. The lowest BCUT2D eigenvalue weighted by Gasteiger charge is -2.27. The number of alkyl halides is 2. The molecule has 6 heteroatoms. The summed E-state index contributed by atoms with van der Waals surface area (Å²) in [4.78, 5) is 0. The van der Waals surface area contributed by atoms with Crippen LogP contribution in [0.2, 0.25) is 0 Å². The smallest absolute Gasteiger partial charge is 0.387 e. The van der Waals surface area contributed by atoms with Gasteiger partial charge >= 0.3 is 6.61 Å². The number of ether oxygens (including phenoxy) is 2. The highest BCUT2D eigenvalue weighted by Gasteiger charge is 2.21. The molecule has 0 aliphatic carbocycles. The van der Waals surface area contributed by atoms with Crippen LogP contribution >= 0.6 is 0 Å². The Morgan fingerprint density at radius 1 is 1.14 bits per heavy atom. The van der Waals surface area contributed by atoms with Crippen LogP contribution in [0.3, 0.4) is 0 Å². The van der Waals surface area contributed by atoms with E-state index in [4.69, 9.17) is 4.74 Å². The summed E-state index contributed by atoms with van der Waals surface area (Å²) in [5, 5.41) is 3.14. The average Bonchev–Trinajstić information content (AvgIpc) is 2.46. The maximum absolute atomic E-state index is 13.2. The van der Waals surface area contributed by atoms with Gasteiger partial charge in [0.05, 0.1) is 12.2 Å². The van der Waals surface area contributed by atoms with Crippen LogP contribution in [0.4, 0.5) is 18.9 Å². The number of hydrogen-bond donors (Lipinski definition) is 1. The van der Waals surface area contributed by atoms with Crippen molar-refractivity contribution in [3.05, 3.63) is 53.8 Å². The molecule has 0 spiro atoms. The minimum Gasteiger partial charge on any atom is -0.482 e. The number of benzene rings is 2. The van der Waals surface area contributed by atoms with Crippen LogP contribution in [-0.2, 0) is 0 Å². The summed E-state index contributed by atoms with van der Waals surface area (Å²) in [6, 6.07) is 10.5. The van der Waals surface area contributed by atoms with Crippen LogP contribution in [0.1, 0.15) is 11.7 Å². The molecule has 0 saturated heterocycles. The number of nitrogens with one attached hydrogen (secondary N) is 1. The number of hydrogen-bond acceptors (Lipinski definition) is 3. The van der Waals surface area contributed by atoms with Gasteiger partial charge in [-0.15, -0.1) is 0 Å². The number of halogens is 3. The summed E-state index contributed by atoms with van der Waals surface area (Å²) in [6.45, 7) is -2.34. The molecule has 2 aromatic carbocycles. The van der Waals surface area contributed by atoms with Crippen LogP contribution in [0, 0.1) is 5.82 Å². The van der Waals surface area contributed by atoms with Crippen molar-refractivity contribution < 1.29 is 22.6 Å². The maximum Gasteiger partial charge on any atom is 0.387 e. The van der Waals surface area contributed by atoms with Crippen LogP contribution in [0.25, 0.3) is 0 Å². The minimum atomic E-state index is -2.85. The van der Waals surface area contributed by atoms with Crippen LogP contribution < -0.4 is 14.8 Å². The van der Waals surface area contributed by atoms with Gasteiger partial charge in [-0.3, -0.25) is 0 Å². The first kappa shape index (κ1) is 13.6. The molecule has 1 aliphatic heterocycles. The monoisotopic (exact) mass is 295 g/mol. The summed E-state index contributed by atoms with van der Waals surface area (Å²) in [5.74, 6) is 0.139. The molecule has 1 heterocycles. The highest BCUT2D eigenvalue weighted by Crippen LogP contribution is 2.35. The van der Waals surface area contributed by atoms with E-state index in [1.54, 1.807) is 18.2 Å². The van der Waals surface area contributed by atoms with Gasteiger partial charge in [0.2, 0.25) is 0 Å². The number of anilines is 1. The van der Waals surface area contributed by atoms with Crippen LogP contribution in [-0.4, -0.2) is 13.2 Å². The molecule has 21 heavy (non-hydrogen) atoms. The molecule has 2 aromatic rings. The Balaban J connectivity index is 1.76. The van der Waals surface area contributed by atoms with Crippen LogP contribution in [0.15, 0.2) is 42.5 Å². The lowest BCUT2D eigenvalue weighted by molar-refractivity contribution is -0.0498. The first-order valence-electron chi connectivity index (χ1n) is 6.36. The third-order valence-electron chi connectivity index (χ3n) is 3.17. The van der Waals surface area contributed by atoms with Crippen molar-refractivity contribution in [2.45, 2.75) is 12.7 Å². The van der Waals surface area contributed by atoms with E-state index >= 15 is 0 Å². The molecule has 0 bridgehead atoms. The van der Waals surface area contributed by atoms with Gasteiger partial charge in [-0.1, -0.05) is 12.1 Å². The normalized spacial score (nSPS) is 16.9. The fourth-order valence-electron chi connectivity index (χ4n) is 2.19. The summed E-state index contributed by atoms with van der Waals surface area (Å²) >= 11 is 0. The lowest BCUT2D eigenvalue weighted by atomic mass is 10.1. The molecule has 1 aliphatic rings. The number of fused-ring (bicyclic) bond motifs is 1. The van der Waals surface area contributed by atoms with E-state index in [1.165, 1.54) is 24.3 Å². The first-order chi connectivity index (χ1) is 10.1. The molecule has 0 saturated carbocycles. The van der Waals surface area contributed by atoms with Gasteiger partial charge in [0.1, 0.15) is 23.4 Å². The second kappa shape index (κ2) is 5.55. The molecular weight excluding hydrogens is 283 g/mol. The van der Waals surface area contributed by atoms with E-state index in [9.17, 15) is 13.2 Å². The van der Waals surface area contributed by atoms with Crippen molar-refractivity contribution in [1.82, 2.24) is 0 Å². The van der Waals surface area contributed by atoms with E-state index in [2.05, 4.69) is 10.1 Å². The summed E-state index contributed by atoms with van der Waals surface area (Å²) in [7, 11) is 0. The largest absolute Gasteiger partial charge is 0.482 e. The zero-order valence-corrected chi connectivity index (χ0v) is 10.9. The molecule has 0 amide bonds. The van der Waals surface area contributed by atoms with Crippen molar-refractivity contribution in [2.75, 3.05) is 11.9 Å². The van der Waals surface area contributed by atoms with Crippen molar-refractivity contribution >= 4 is 5.69 Å². The minimum absolute atomic E-state index is 0.0870. The third-order valence-corrected chi connectivity index (χ3v) is 3.17. The fraction of sp³-hybridized carbons (Fsp3) is 0.200. The van der Waals surface area contributed by atoms with Crippen molar-refractivity contribution in [3.63, 3.8) is 0 Å². The van der Waals surface area contributed by atoms with Gasteiger partial charge in [0.25, 0.3) is 0 Å². The van der Waals surface area contributed by atoms with Gasteiger partial charge in [-0.25, -0.2) is 4.39 Å². The molecule has 110 valence electrons. The molecule has 1 unspecified atom stereocenters. The molecule has 0 aromatic heterocycles. The molecular formula is C15H12F3NO2. The SMILES string of the molecule is Fc1ccc2c(c1)OC(c1ccc(OC(F)F)cc1)CN2. The second-order valence-corrected chi connectivity index (χ2v) is 4.58. The zero-order chi connectivity index (χ0) is 14.8. The van der Waals surface area contributed by atoms with Gasteiger partial charge in [-0.2, -0.15) is 8.78 Å². The first-order valence-corrected chi connectivity index (χ1v) is 6.36. The van der Waals surface area contributed by atoms with E-state index in [0.717, 1.165) is 11.3 Å². The van der Waals surface area contributed by atoms with E-state index < -0.39 is 6.61 Å². The Morgan fingerprint density at radius 2 is 1.90 bits per heavy atom. The Hall–Kier alpha value is -2.37. The Kier molecular flexibility index (Phi) is 3.60. The molecule has 1 atom stereocenters. The Labute approximate surface area is 119 Å². The fourth-order valence-corrected chi connectivity index (χ4v) is 2.19. The van der Waals surface area contributed by atoms with Crippen molar-refractivity contribution in [2.24, 2.45) is 0 Å². The maximum atomic E-state index is 13.2. The van der Waals surface area contributed by atoms with Crippen LogP contribution in [0.5, 0.6) is 11.5 Å². The lowest BCUT2D eigenvalue weighted by Crippen LogP contribution is -2.23. The van der Waals surface area contributed by atoms with E-state index in [-0.39, 0.29) is 17.7 Å². The third kappa shape index (κ3) is 3.04. The zero-order valence-electron chi connectivity index (χ0n) is 10.9. The van der Waals surface area contributed by atoms with Gasteiger partial charge in [-0.05, 0) is 29.8 Å². The average molecular weight is 295 g/mol. The van der Waals surface area contributed by atoms with E-state index in [1.807, 2.05) is 0 Å². The highest BCUT2D eigenvalue weighted by molar-refractivity contribution is 5.58. The topological polar surface area (TPSA) is 30.5 Å². The van der Waals surface area contributed by atoms with Gasteiger partial charge in [0, 0.05) is 6.07 Å². The molecule has 3 nitrogen and oxygen atoms in total. The Morgan fingerprint density at radius 3 is 2.62 bits per heavy atom. The summed E-state index contributed by atoms with van der Waals surface area (Å²) in [6.07, 6.45) is -0.320. The quantitative estimate of drug-likeness (QED) is 0.929. The van der Waals surface area contributed by atoms with Crippen molar-refractivity contribution in [1.29, 1.82) is 0 Å². The second-order valence-electron chi connectivity index (χ2n) is 4.58. The van der Waals surface area contributed by atoms with Gasteiger partial charge in [0.15, 0.2) is 0 Å². The molecule has 0 radical (unpaired) electrons. The van der Waals surface area contributed by atoms with Crippen molar-refractivity contribution in [3.8, 4) is 11.5 Å². The predicted octanol–water partition coefficient (Wildman–Crippen LogP) is 3.97. The highest BCUT2D eigenvalue weighted by atomic mass is 19.3. The molecule has 0 fully saturated rings. The summed E-state index contributed by atoms with van der Waals surface area (Å²) < 4.78 is 47.4.